The molecule has 1 fully saturated rings. The van der Waals surface area contributed by atoms with Gasteiger partial charge in [-0.2, -0.15) is 0 Å². The lowest BCUT2D eigenvalue weighted by Gasteiger charge is -2.34. The van der Waals surface area contributed by atoms with Crippen LogP contribution in [-0.4, -0.2) is 38.6 Å². The van der Waals surface area contributed by atoms with Gasteiger partial charge >= 0.3 is 12.0 Å². The highest BCUT2D eigenvalue weighted by Crippen LogP contribution is 2.42. The van der Waals surface area contributed by atoms with Crippen LogP contribution in [0.1, 0.15) is 28.7 Å². The van der Waals surface area contributed by atoms with Gasteiger partial charge in [-0.25, -0.2) is 4.79 Å². The summed E-state index contributed by atoms with van der Waals surface area (Å²) in [5.74, 6) is -1.82. The molecule has 4 aromatic carbocycles. The average Bonchev–Trinajstić information content (AvgIpc) is 3.10. The van der Waals surface area contributed by atoms with Crippen LogP contribution < -0.4 is 5.73 Å². The Morgan fingerprint density at radius 2 is 1.47 bits per heavy atom. The summed E-state index contributed by atoms with van der Waals surface area (Å²) < 4.78 is 0. The molecular formula is C30H26N4O4. The molecule has 190 valence electrons. The van der Waals surface area contributed by atoms with Crippen molar-refractivity contribution in [2.24, 2.45) is 5.73 Å². The molecule has 1 aliphatic heterocycles. The topological polar surface area (TPSA) is 128 Å². The number of nitrogens with zero attached hydrogens (tertiary/aromatic N) is 2. The lowest BCUT2D eigenvalue weighted by atomic mass is 9.84. The van der Waals surface area contributed by atoms with Crippen molar-refractivity contribution in [2.75, 3.05) is 0 Å². The molecule has 0 aromatic heterocycles. The maximum atomic E-state index is 14.1. The SMILES string of the molecule is N=C(N)c1ccc2ccc(CN3C(=O)N(Cc4ccccc4)C(=O)C3(CC(=O)O)c3ccccc3)cc2c1. The van der Waals surface area contributed by atoms with Crippen molar-refractivity contribution in [1.82, 2.24) is 9.80 Å². The molecular weight excluding hydrogens is 480 g/mol. The van der Waals surface area contributed by atoms with Crippen LogP contribution in [0.2, 0.25) is 0 Å². The minimum atomic E-state index is -1.71. The second-order valence-corrected chi connectivity index (χ2v) is 9.35. The van der Waals surface area contributed by atoms with E-state index < -0.39 is 29.9 Å². The van der Waals surface area contributed by atoms with E-state index in [0.717, 1.165) is 21.2 Å². The zero-order chi connectivity index (χ0) is 26.9. The summed E-state index contributed by atoms with van der Waals surface area (Å²) in [6.45, 7) is 0.0428. The van der Waals surface area contributed by atoms with Crippen LogP contribution in [0.4, 0.5) is 4.79 Å². The molecule has 0 aliphatic carbocycles. The Hall–Kier alpha value is -4.98. The molecule has 4 aromatic rings. The molecule has 1 saturated heterocycles. The molecule has 4 N–H and O–H groups in total. The molecule has 0 saturated carbocycles. The summed E-state index contributed by atoms with van der Waals surface area (Å²) in [6.07, 6.45) is -0.574. The highest BCUT2D eigenvalue weighted by molar-refractivity contribution is 6.09. The fraction of sp³-hybridized carbons (Fsp3) is 0.133. The van der Waals surface area contributed by atoms with Crippen molar-refractivity contribution < 1.29 is 19.5 Å². The van der Waals surface area contributed by atoms with Crippen molar-refractivity contribution in [3.63, 3.8) is 0 Å². The number of hydrogen-bond donors (Lipinski definition) is 3. The second-order valence-electron chi connectivity index (χ2n) is 9.35. The van der Waals surface area contributed by atoms with E-state index in [9.17, 15) is 19.5 Å². The molecule has 3 amide bonds. The third kappa shape index (κ3) is 4.37. The molecule has 1 heterocycles. The molecule has 1 unspecified atom stereocenters. The number of aliphatic carboxylic acids is 1. The number of amidine groups is 1. The number of fused-ring (bicyclic) bond motifs is 1. The lowest BCUT2D eigenvalue weighted by Crippen LogP contribution is -2.48. The summed E-state index contributed by atoms with van der Waals surface area (Å²) in [4.78, 5) is 42.7. The molecule has 0 radical (unpaired) electrons. The molecule has 1 atom stereocenters. The van der Waals surface area contributed by atoms with E-state index in [2.05, 4.69) is 0 Å². The predicted molar refractivity (Wildman–Crippen MR) is 143 cm³/mol. The number of carbonyl (C=O) groups is 3. The third-order valence-electron chi connectivity index (χ3n) is 6.92. The lowest BCUT2D eigenvalue weighted by molar-refractivity contribution is -0.146. The summed E-state index contributed by atoms with van der Waals surface area (Å²) in [5, 5.41) is 19.4. The monoisotopic (exact) mass is 506 g/mol. The maximum Gasteiger partial charge on any atom is 0.328 e. The standard InChI is InChI=1S/C30H26N4O4/c31-27(32)23-14-13-22-12-11-21(15-24(22)16-23)19-34-29(38)33(18-20-7-3-1-4-8-20)28(37)30(34,17-26(35)36)25-9-5-2-6-10-25/h1-16H,17-19H2,(H3,31,32)(H,35,36). The van der Waals surface area contributed by atoms with Gasteiger partial charge in [0.1, 0.15) is 5.84 Å². The number of carboxylic acid groups (broad SMARTS) is 1. The zero-order valence-corrected chi connectivity index (χ0v) is 20.5. The predicted octanol–water partition coefficient (Wildman–Crippen LogP) is 4.46. The Morgan fingerprint density at radius 1 is 0.816 bits per heavy atom. The molecule has 38 heavy (non-hydrogen) atoms. The summed E-state index contributed by atoms with van der Waals surface area (Å²) in [7, 11) is 0. The number of benzene rings is 4. The molecule has 0 bridgehead atoms. The fourth-order valence-electron chi connectivity index (χ4n) is 5.07. The number of carboxylic acids is 1. The van der Waals surface area contributed by atoms with Crippen LogP contribution >= 0.6 is 0 Å². The van der Waals surface area contributed by atoms with Crippen molar-refractivity contribution in [3.05, 3.63) is 119 Å². The summed E-state index contributed by atoms with van der Waals surface area (Å²) >= 11 is 0. The first kappa shape index (κ1) is 24.7. The first-order valence-corrected chi connectivity index (χ1v) is 12.1. The van der Waals surface area contributed by atoms with Crippen LogP contribution in [0.25, 0.3) is 10.8 Å². The van der Waals surface area contributed by atoms with Crippen molar-refractivity contribution in [1.29, 1.82) is 5.41 Å². The quantitative estimate of drug-likeness (QED) is 0.185. The highest BCUT2D eigenvalue weighted by atomic mass is 16.4. The van der Waals surface area contributed by atoms with Crippen molar-refractivity contribution in [2.45, 2.75) is 25.0 Å². The molecule has 0 spiro atoms. The van der Waals surface area contributed by atoms with E-state index in [4.69, 9.17) is 11.1 Å². The van der Waals surface area contributed by atoms with Crippen LogP contribution in [0.3, 0.4) is 0 Å². The largest absolute Gasteiger partial charge is 0.481 e. The van der Waals surface area contributed by atoms with Gasteiger partial charge in [-0.3, -0.25) is 19.9 Å². The van der Waals surface area contributed by atoms with E-state index in [1.54, 1.807) is 42.5 Å². The number of hydrogen-bond acceptors (Lipinski definition) is 4. The number of nitrogen functional groups attached to an aromatic ring is 1. The van der Waals surface area contributed by atoms with E-state index in [1.807, 2.05) is 54.6 Å². The Kier molecular flexibility index (Phi) is 6.38. The van der Waals surface area contributed by atoms with Gasteiger partial charge in [0, 0.05) is 12.1 Å². The molecule has 8 nitrogen and oxygen atoms in total. The number of urea groups is 1. The van der Waals surface area contributed by atoms with Gasteiger partial charge in [0.15, 0.2) is 5.54 Å². The number of amides is 3. The highest BCUT2D eigenvalue weighted by Gasteiger charge is 2.59. The third-order valence-corrected chi connectivity index (χ3v) is 6.92. The van der Waals surface area contributed by atoms with Gasteiger partial charge in [-0.05, 0) is 39.6 Å². The van der Waals surface area contributed by atoms with E-state index in [1.165, 1.54) is 4.90 Å². The number of nitrogens with one attached hydrogen (secondary N) is 1. The van der Waals surface area contributed by atoms with E-state index in [0.29, 0.717) is 16.7 Å². The summed E-state index contributed by atoms with van der Waals surface area (Å²) in [5.41, 5.74) is 6.44. The Labute approximate surface area is 219 Å². The van der Waals surface area contributed by atoms with Gasteiger partial charge in [0.2, 0.25) is 0 Å². The van der Waals surface area contributed by atoms with Crippen molar-refractivity contribution >= 4 is 34.5 Å². The number of imide groups is 1. The average molecular weight is 507 g/mol. The van der Waals surface area contributed by atoms with Crippen LogP contribution in [0.15, 0.2) is 97.1 Å². The Balaban J connectivity index is 1.62. The minimum absolute atomic E-state index is 0.0122. The second kappa shape index (κ2) is 9.82. The van der Waals surface area contributed by atoms with E-state index in [-0.39, 0.29) is 18.9 Å². The number of nitrogens with two attached hydrogens (primary N) is 1. The Morgan fingerprint density at radius 3 is 2.13 bits per heavy atom. The van der Waals surface area contributed by atoms with Crippen molar-refractivity contribution in [3.8, 4) is 0 Å². The first-order chi connectivity index (χ1) is 18.3. The number of rotatable bonds is 8. The van der Waals surface area contributed by atoms with Gasteiger partial charge < -0.3 is 15.7 Å². The van der Waals surface area contributed by atoms with Gasteiger partial charge in [0.05, 0.1) is 13.0 Å². The Bertz CT molecular complexity index is 1550. The summed E-state index contributed by atoms with van der Waals surface area (Å²) in [6, 6.07) is 28.2. The minimum Gasteiger partial charge on any atom is -0.481 e. The van der Waals surface area contributed by atoms with Crippen LogP contribution in [0.5, 0.6) is 0 Å². The fourth-order valence-corrected chi connectivity index (χ4v) is 5.07. The molecule has 5 rings (SSSR count). The molecule has 8 heteroatoms. The van der Waals surface area contributed by atoms with Gasteiger partial charge in [-0.1, -0.05) is 84.9 Å². The maximum absolute atomic E-state index is 14.1. The van der Waals surface area contributed by atoms with Crippen LogP contribution in [-0.2, 0) is 28.2 Å². The van der Waals surface area contributed by atoms with Gasteiger partial charge in [0.25, 0.3) is 5.91 Å². The molecule has 1 aliphatic rings. The zero-order valence-electron chi connectivity index (χ0n) is 20.5. The smallest absolute Gasteiger partial charge is 0.328 e. The van der Waals surface area contributed by atoms with E-state index >= 15 is 0 Å². The number of carbonyl (C=O) groups excluding carboxylic acids is 2. The normalized spacial score (nSPS) is 17.3. The first-order valence-electron chi connectivity index (χ1n) is 12.1. The van der Waals surface area contributed by atoms with Gasteiger partial charge in [-0.15, -0.1) is 0 Å². The van der Waals surface area contributed by atoms with Crippen LogP contribution in [0, 0.1) is 5.41 Å².